The smallest absolute Gasteiger partial charge is 0.393 e. The van der Waals surface area contributed by atoms with Gasteiger partial charge in [0.2, 0.25) is 0 Å². The van der Waals surface area contributed by atoms with Gasteiger partial charge in [0.25, 0.3) is 5.91 Å². The van der Waals surface area contributed by atoms with Gasteiger partial charge in [0.05, 0.1) is 11.7 Å². The van der Waals surface area contributed by atoms with Crippen LogP contribution in [-0.2, 0) is 6.18 Å². The molecule has 0 saturated heterocycles. The number of carbonyl (C=O) groups excluding carboxylic acids is 1. The number of aliphatic hydroxyl groups excluding tert-OH is 1. The molecule has 1 amide bonds. The van der Waals surface area contributed by atoms with Crippen molar-refractivity contribution in [2.45, 2.75) is 38.0 Å². The molecule has 2 N–H and O–H groups in total. The van der Waals surface area contributed by atoms with Crippen LogP contribution in [0.15, 0.2) is 24.3 Å². The zero-order valence-corrected chi connectivity index (χ0v) is 11.5. The minimum absolute atomic E-state index is 0.0184. The first-order chi connectivity index (χ1) is 9.88. The summed E-state index contributed by atoms with van der Waals surface area (Å²) in [4.78, 5) is 11.9. The zero-order chi connectivity index (χ0) is 15.5. The van der Waals surface area contributed by atoms with Crippen LogP contribution in [-0.4, -0.2) is 23.7 Å². The van der Waals surface area contributed by atoms with E-state index in [0.717, 1.165) is 31.4 Å². The number of rotatable bonds is 3. The summed E-state index contributed by atoms with van der Waals surface area (Å²) in [7, 11) is 0. The first-order valence-corrected chi connectivity index (χ1v) is 7.01. The van der Waals surface area contributed by atoms with E-state index in [1.165, 1.54) is 12.1 Å². The number of halogens is 3. The number of hydrogen-bond donors (Lipinski definition) is 2. The molecule has 3 nitrogen and oxygen atoms in total. The topological polar surface area (TPSA) is 49.3 Å². The third-order valence-corrected chi connectivity index (χ3v) is 3.85. The Hall–Kier alpha value is -1.56. The molecule has 116 valence electrons. The highest BCUT2D eigenvalue weighted by molar-refractivity contribution is 5.94. The van der Waals surface area contributed by atoms with Crippen molar-refractivity contribution in [1.82, 2.24) is 5.32 Å². The van der Waals surface area contributed by atoms with E-state index in [-0.39, 0.29) is 18.0 Å². The summed E-state index contributed by atoms with van der Waals surface area (Å²) in [6.45, 7) is 0.288. The minimum Gasteiger partial charge on any atom is -0.393 e. The van der Waals surface area contributed by atoms with Crippen LogP contribution in [0.1, 0.15) is 41.6 Å². The van der Waals surface area contributed by atoms with Gasteiger partial charge < -0.3 is 10.4 Å². The van der Waals surface area contributed by atoms with Crippen LogP contribution in [0.3, 0.4) is 0 Å². The van der Waals surface area contributed by atoms with E-state index in [1.807, 2.05) is 0 Å². The Labute approximate surface area is 121 Å². The Bertz CT molecular complexity index is 502. The Morgan fingerprint density at radius 2 is 2.00 bits per heavy atom. The zero-order valence-electron chi connectivity index (χ0n) is 11.5. The van der Waals surface area contributed by atoms with Crippen molar-refractivity contribution in [2.24, 2.45) is 5.92 Å². The maximum Gasteiger partial charge on any atom is 0.416 e. The molecular weight excluding hydrogens is 283 g/mol. The van der Waals surface area contributed by atoms with Crippen LogP contribution < -0.4 is 5.32 Å². The normalized spacial score (nSPS) is 22.9. The molecule has 0 bridgehead atoms. The number of benzene rings is 1. The summed E-state index contributed by atoms with van der Waals surface area (Å²) >= 11 is 0. The van der Waals surface area contributed by atoms with E-state index < -0.39 is 23.8 Å². The van der Waals surface area contributed by atoms with Crippen LogP contribution in [0.5, 0.6) is 0 Å². The summed E-state index contributed by atoms with van der Waals surface area (Å²) in [6.07, 6.45) is -1.40. The first kappa shape index (κ1) is 15.8. The fourth-order valence-corrected chi connectivity index (χ4v) is 2.59. The maximum absolute atomic E-state index is 12.6. The van der Waals surface area contributed by atoms with Crippen molar-refractivity contribution in [1.29, 1.82) is 0 Å². The van der Waals surface area contributed by atoms with Crippen LogP contribution >= 0.6 is 0 Å². The lowest BCUT2D eigenvalue weighted by Crippen LogP contribution is -2.36. The van der Waals surface area contributed by atoms with Gasteiger partial charge in [0.1, 0.15) is 0 Å². The van der Waals surface area contributed by atoms with E-state index in [1.54, 1.807) is 0 Å². The predicted octanol–water partition coefficient (Wildman–Crippen LogP) is 2.99. The van der Waals surface area contributed by atoms with Gasteiger partial charge in [-0.3, -0.25) is 4.79 Å². The number of carbonyl (C=O) groups is 1. The molecule has 0 heterocycles. The van der Waals surface area contributed by atoms with Crippen molar-refractivity contribution in [3.8, 4) is 0 Å². The highest BCUT2D eigenvalue weighted by Gasteiger charge is 2.31. The molecule has 6 heteroatoms. The molecule has 21 heavy (non-hydrogen) atoms. The minimum atomic E-state index is -4.46. The van der Waals surface area contributed by atoms with Gasteiger partial charge in [0.15, 0.2) is 0 Å². The molecule has 1 aliphatic rings. The molecular formula is C15H18F3NO2. The van der Waals surface area contributed by atoms with Gasteiger partial charge >= 0.3 is 6.18 Å². The van der Waals surface area contributed by atoms with E-state index in [9.17, 15) is 23.1 Å². The number of aliphatic hydroxyl groups is 1. The van der Waals surface area contributed by atoms with Crippen LogP contribution in [0, 0.1) is 5.92 Å². The fourth-order valence-electron chi connectivity index (χ4n) is 2.59. The van der Waals surface area contributed by atoms with E-state index in [0.29, 0.717) is 6.42 Å². The second-order valence-corrected chi connectivity index (χ2v) is 5.40. The molecule has 2 atom stereocenters. The molecule has 1 aromatic carbocycles. The summed E-state index contributed by atoms with van der Waals surface area (Å²) in [5.41, 5.74) is -0.858. The lowest BCUT2D eigenvalue weighted by molar-refractivity contribution is -0.137. The molecule has 0 radical (unpaired) electrons. The Morgan fingerprint density at radius 1 is 1.29 bits per heavy atom. The molecule has 2 rings (SSSR count). The summed E-state index contributed by atoms with van der Waals surface area (Å²) in [6, 6.07) is 4.34. The Balaban J connectivity index is 1.97. The second-order valence-electron chi connectivity index (χ2n) is 5.40. The quantitative estimate of drug-likeness (QED) is 0.901. The van der Waals surface area contributed by atoms with Crippen molar-refractivity contribution >= 4 is 5.91 Å². The number of alkyl halides is 3. The van der Waals surface area contributed by atoms with Crippen molar-refractivity contribution in [3.05, 3.63) is 35.4 Å². The first-order valence-electron chi connectivity index (χ1n) is 7.01. The van der Waals surface area contributed by atoms with Crippen LogP contribution in [0.25, 0.3) is 0 Å². The third-order valence-electron chi connectivity index (χ3n) is 3.85. The highest BCUT2D eigenvalue weighted by Crippen LogP contribution is 2.29. The maximum atomic E-state index is 12.6. The largest absolute Gasteiger partial charge is 0.416 e. The van der Waals surface area contributed by atoms with E-state index in [2.05, 4.69) is 5.32 Å². The molecule has 2 unspecified atom stereocenters. The van der Waals surface area contributed by atoms with E-state index in [4.69, 9.17) is 0 Å². The Kier molecular flexibility index (Phi) is 4.88. The highest BCUT2D eigenvalue weighted by atomic mass is 19.4. The lowest BCUT2D eigenvalue weighted by atomic mass is 9.86. The standard InChI is InChI=1S/C15H18F3NO2/c16-15(17,18)12-6-3-5-10(8-12)14(21)19-9-11-4-1-2-7-13(11)20/h3,5-6,8,11,13,20H,1-2,4,7,9H2,(H,19,21). The van der Waals surface area contributed by atoms with Crippen molar-refractivity contribution < 1.29 is 23.1 Å². The van der Waals surface area contributed by atoms with Crippen LogP contribution in [0.4, 0.5) is 13.2 Å². The molecule has 1 aliphatic carbocycles. The average Bonchev–Trinajstić information content (AvgIpc) is 2.45. The van der Waals surface area contributed by atoms with Crippen molar-refractivity contribution in [3.63, 3.8) is 0 Å². The van der Waals surface area contributed by atoms with Gasteiger partial charge in [-0.25, -0.2) is 0 Å². The molecule has 1 fully saturated rings. The van der Waals surface area contributed by atoms with Gasteiger partial charge in [-0.15, -0.1) is 0 Å². The summed E-state index contributed by atoms with van der Waals surface area (Å²) < 4.78 is 37.8. The van der Waals surface area contributed by atoms with Gasteiger partial charge in [-0.2, -0.15) is 13.2 Å². The lowest BCUT2D eigenvalue weighted by Gasteiger charge is -2.27. The summed E-state index contributed by atoms with van der Waals surface area (Å²) in [5.74, 6) is -0.563. The predicted molar refractivity (Wildman–Crippen MR) is 71.7 cm³/mol. The third kappa shape index (κ3) is 4.20. The molecule has 1 aromatic rings. The average molecular weight is 301 g/mol. The van der Waals surface area contributed by atoms with Gasteiger partial charge in [0, 0.05) is 18.0 Å². The molecule has 0 spiro atoms. The fraction of sp³-hybridized carbons (Fsp3) is 0.533. The summed E-state index contributed by atoms with van der Waals surface area (Å²) in [5, 5.41) is 12.4. The van der Waals surface area contributed by atoms with Gasteiger partial charge in [-0.1, -0.05) is 18.9 Å². The number of nitrogens with one attached hydrogen (secondary N) is 1. The van der Waals surface area contributed by atoms with Crippen LogP contribution in [0.2, 0.25) is 0 Å². The molecule has 1 saturated carbocycles. The second kappa shape index (κ2) is 6.47. The molecule has 0 aromatic heterocycles. The molecule has 0 aliphatic heterocycles. The Morgan fingerprint density at radius 3 is 2.67 bits per heavy atom. The number of amides is 1. The SMILES string of the molecule is O=C(NCC1CCCCC1O)c1cccc(C(F)(F)F)c1. The van der Waals surface area contributed by atoms with Crippen molar-refractivity contribution in [2.75, 3.05) is 6.54 Å². The monoisotopic (exact) mass is 301 g/mol. The van der Waals surface area contributed by atoms with E-state index >= 15 is 0 Å². The number of hydrogen-bond acceptors (Lipinski definition) is 2. The van der Waals surface area contributed by atoms with Gasteiger partial charge in [-0.05, 0) is 31.0 Å².